The summed E-state index contributed by atoms with van der Waals surface area (Å²) in [6.45, 7) is 0. The Morgan fingerprint density at radius 3 is 2.65 bits per heavy atom. The Morgan fingerprint density at radius 1 is 1.19 bits per heavy atom. The van der Waals surface area contributed by atoms with Gasteiger partial charge < -0.3 is 25.2 Å². The van der Waals surface area contributed by atoms with Crippen molar-refractivity contribution in [2.45, 2.75) is 25.3 Å². The van der Waals surface area contributed by atoms with E-state index in [0.29, 0.717) is 23.1 Å². The van der Waals surface area contributed by atoms with Gasteiger partial charge in [-0.15, -0.1) is 0 Å². The molecule has 1 aromatic heterocycles. The molecular weight excluding hydrogens is 336 g/mol. The van der Waals surface area contributed by atoms with E-state index in [1.807, 2.05) is 18.2 Å². The highest BCUT2D eigenvalue weighted by molar-refractivity contribution is 5.68. The lowest BCUT2D eigenvalue weighted by Crippen LogP contribution is -2.36. The molecule has 3 rings (SSSR count). The summed E-state index contributed by atoms with van der Waals surface area (Å²) in [5, 5.41) is 15.3. The number of ether oxygens (including phenoxy) is 2. The second-order valence-corrected chi connectivity index (χ2v) is 6.26. The van der Waals surface area contributed by atoms with Crippen LogP contribution in [0, 0.1) is 5.92 Å². The van der Waals surface area contributed by atoms with Gasteiger partial charge in [0.25, 0.3) is 0 Å². The summed E-state index contributed by atoms with van der Waals surface area (Å²) in [5.74, 6) is 2.19. The minimum Gasteiger partial charge on any atom is -0.497 e. The molecule has 0 amide bonds. The highest BCUT2D eigenvalue weighted by Crippen LogP contribution is 2.33. The van der Waals surface area contributed by atoms with E-state index < -0.39 is 5.97 Å². The Labute approximate surface area is 151 Å². The van der Waals surface area contributed by atoms with E-state index in [0.717, 1.165) is 18.5 Å². The molecule has 0 saturated heterocycles. The SMILES string of the molecule is COc1ccc(Nc2cc(NC3CC(CC(=O)O)C3)ncn2)c(OC)c1. The van der Waals surface area contributed by atoms with Gasteiger partial charge >= 0.3 is 5.97 Å². The Morgan fingerprint density at radius 2 is 1.96 bits per heavy atom. The molecule has 1 fully saturated rings. The quantitative estimate of drug-likeness (QED) is 0.661. The summed E-state index contributed by atoms with van der Waals surface area (Å²) in [6.07, 6.45) is 3.39. The van der Waals surface area contributed by atoms with E-state index in [-0.39, 0.29) is 18.4 Å². The molecule has 3 N–H and O–H groups in total. The third-order valence-electron chi connectivity index (χ3n) is 4.39. The molecule has 8 heteroatoms. The number of aliphatic carboxylic acids is 1. The summed E-state index contributed by atoms with van der Waals surface area (Å²) < 4.78 is 10.6. The molecule has 138 valence electrons. The van der Waals surface area contributed by atoms with Crippen molar-refractivity contribution in [3.8, 4) is 11.5 Å². The summed E-state index contributed by atoms with van der Waals surface area (Å²) in [4.78, 5) is 19.2. The topological polar surface area (TPSA) is 106 Å². The lowest BCUT2D eigenvalue weighted by Gasteiger charge is -2.35. The van der Waals surface area contributed by atoms with Crippen LogP contribution in [0.1, 0.15) is 19.3 Å². The maximum Gasteiger partial charge on any atom is 0.303 e. The molecular formula is C18H22N4O4. The molecule has 1 heterocycles. The average molecular weight is 358 g/mol. The first-order valence-electron chi connectivity index (χ1n) is 8.36. The zero-order chi connectivity index (χ0) is 18.5. The number of carboxylic acid groups (broad SMARTS) is 1. The van der Waals surface area contributed by atoms with E-state index in [2.05, 4.69) is 20.6 Å². The Balaban J connectivity index is 1.62. The summed E-state index contributed by atoms with van der Waals surface area (Å²) in [7, 11) is 3.20. The van der Waals surface area contributed by atoms with Crippen LogP contribution in [0.4, 0.5) is 17.3 Å². The molecule has 1 aliphatic carbocycles. The van der Waals surface area contributed by atoms with Gasteiger partial charge in [0.2, 0.25) is 0 Å². The Hall–Kier alpha value is -3.03. The van der Waals surface area contributed by atoms with E-state index in [9.17, 15) is 4.79 Å². The molecule has 1 aromatic carbocycles. The number of hydrogen-bond donors (Lipinski definition) is 3. The van der Waals surface area contributed by atoms with Gasteiger partial charge in [-0.3, -0.25) is 4.79 Å². The van der Waals surface area contributed by atoms with Crippen LogP contribution in [0.25, 0.3) is 0 Å². The van der Waals surface area contributed by atoms with Crippen molar-refractivity contribution in [2.75, 3.05) is 24.9 Å². The number of nitrogens with zero attached hydrogens (tertiary/aromatic N) is 2. The van der Waals surface area contributed by atoms with E-state index in [1.54, 1.807) is 20.3 Å². The van der Waals surface area contributed by atoms with Crippen molar-refractivity contribution >= 4 is 23.3 Å². The number of nitrogens with one attached hydrogen (secondary N) is 2. The minimum absolute atomic E-state index is 0.228. The second kappa shape index (κ2) is 7.90. The third-order valence-corrected chi connectivity index (χ3v) is 4.39. The van der Waals surface area contributed by atoms with Crippen molar-refractivity contribution in [3.63, 3.8) is 0 Å². The predicted octanol–water partition coefficient (Wildman–Crippen LogP) is 2.90. The van der Waals surface area contributed by atoms with Gasteiger partial charge in [0.15, 0.2) is 0 Å². The lowest BCUT2D eigenvalue weighted by atomic mass is 9.78. The molecule has 2 aromatic rings. The van der Waals surface area contributed by atoms with Crippen LogP contribution < -0.4 is 20.1 Å². The normalized spacial score (nSPS) is 18.5. The fraction of sp³-hybridized carbons (Fsp3) is 0.389. The number of rotatable bonds is 8. The van der Waals surface area contributed by atoms with Crippen LogP contribution in [0.15, 0.2) is 30.6 Å². The van der Waals surface area contributed by atoms with Gasteiger partial charge in [0, 0.05) is 24.6 Å². The molecule has 0 unspecified atom stereocenters. The van der Waals surface area contributed by atoms with Gasteiger partial charge in [0.05, 0.1) is 19.9 Å². The monoisotopic (exact) mass is 358 g/mol. The average Bonchev–Trinajstić information content (AvgIpc) is 2.60. The molecule has 26 heavy (non-hydrogen) atoms. The zero-order valence-corrected chi connectivity index (χ0v) is 14.7. The summed E-state index contributed by atoms with van der Waals surface area (Å²) in [5.41, 5.74) is 0.767. The van der Waals surface area contributed by atoms with Crippen molar-refractivity contribution in [3.05, 3.63) is 30.6 Å². The van der Waals surface area contributed by atoms with E-state index in [4.69, 9.17) is 14.6 Å². The number of methoxy groups -OCH3 is 2. The molecule has 0 aliphatic heterocycles. The van der Waals surface area contributed by atoms with Gasteiger partial charge in [-0.25, -0.2) is 9.97 Å². The van der Waals surface area contributed by atoms with Crippen molar-refractivity contribution in [1.82, 2.24) is 9.97 Å². The van der Waals surface area contributed by atoms with Crippen LogP contribution in [-0.2, 0) is 4.79 Å². The molecule has 0 bridgehead atoms. The number of benzene rings is 1. The van der Waals surface area contributed by atoms with Crippen molar-refractivity contribution in [1.29, 1.82) is 0 Å². The fourth-order valence-electron chi connectivity index (χ4n) is 3.02. The van der Waals surface area contributed by atoms with Crippen LogP contribution in [0.5, 0.6) is 11.5 Å². The van der Waals surface area contributed by atoms with Gasteiger partial charge in [-0.1, -0.05) is 0 Å². The highest BCUT2D eigenvalue weighted by atomic mass is 16.5. The standard InChI is InChI=1S/C18H22N4O4/c1-25-13-3-4-14(15(8-13)26-2)22-17-9-16(19-10-20-17)21-12-5-11(6-12)7-18(23)24/h3-4,8-12H,5-7H2,1-2H3,(H,23,24)(H2,19,20,21,22). The zero-order valence-electron chi connectivity index (χ0n) is 14.7. The molecule has 8 nitrogen and oxygen atoms in total. The largest absolute Gasteiger partial charge is 0.497 e. The Bertz CT molecular complexity index is 778. The predicted molar refractivity (Wildman–Crippen MR) is 97.2 cm³/mol. The number of carbonyl (C=O) groups is 1. The second-order valence-electron chi connectivity index (χ2n) is 6.26. The highest BCUT2D eigenvalue weighted by Gasteiger charge is 2.30. The van der Waals surface area contributed by atoms with E-state index in [1.165, 1.54) is 6.33 Å². The van der Waals surface area contributed by atoms with Crippen molar-refractivity contribution < 1.29 is 19.4 Å². The van der Waals surface area contributed by atoms with Crippen LogP contribution in [0.3, 0.4) is 0 Å². The molecule has 0 radical (unpaired) electrons. The minimum atomic E-state index is -0.740. The van der Waals surface area contributed by atoms with Crippen LogP contribution in [-0.4, -0.2) is 41.3 Å². The first-order valence-corrected chi connectivity index (χ1v) is 8.36. The number of aromatic nitrogens is 2. The number of hydrogen-bond acceptors (Lipinski definition) is 7. The summed E-state index contributed by atoms with van der Waals surface area (Å²) >= 11 is 0. The lowest BCUT2D eigenvalue weighted by molar-refractivity contribution is -0.138. The first kappa shape index (κ1) is 17.8. The Kier molecular flexibility index (Phi) is 5.40. The third kappa shape index (κ3) is 4.33. The molecule has 0 spiro atoms. The van der Waals surface area contributed by atoms with Crippen LogP contribution in [0.2, 0.25) is 0 Å². The molecule has 0 atom stereocenters. The van der Waals surface area contributed by atoms with Crippen molar-refractivity contribution in [2.24, 2.45) is 5.92 Å². The van der Waals surface area contributed by atoms with Gasteiger partial charge in [-0.05, 0) is 30.9 Å². The van der Waals surface area contributed by atoms with E-state index >= 15 is 0 Å². The maximum absolute atomic E-state index is 10.7. The molecule has 1 aliphatic rings. The number of carboxylic acids is 1. The van der Waals surface area contributed by atoms with Crippen LogP contribution >= 0.6 is 0 Å². The summed E-state index contributed by atoms with van der Waals surface area (Å²) in [6, 6.07) is 7.54. The maximum atomic E-state index is 10.7. The first-order chi connectivity index (χ1) is 12.6. The van der Waals surface area contributed by atoms with Gasteiger partial charge in [0.1, 0.15) is 29.5 Å². The fourth-order valence-corrected chi connectivity index (χ4v) is 3.02. The van der Waals surface area contributed by atoms with Gasteiger partial charge in [-0.2, -0.15) is 0 Å². The smallest absolute Gasteiger partial charge is 0.303 e. The number of anilines is 3. The molecule has 1 saturated carbocycles.